The quantitative estimate of drug-likeness (QED) is 0.895. The van der Waals surface area contributed by atoms with Gasteiger partial charge in [-0.25, -0.2) is 0 Å². The highest BCUT2D eigenvalue weighted by atomic mass is 32.2. The largest absolute Gasteiger partial charge is 0.354 e. The monoisotopic (exact) mass is 280 g/mol. The molecule has 1 saturated heterocycles. The van der Waals surface area contributed by atoms with Crippen LogP contribution in [0.5, 0.6) is 0 Å². The van der Waals surface area contributed by atoms with E-state index in [0.29, 0.717) is 5.92 Å². The Bertz CT molecular complexity index is 358. The summed E-state index contributed by atoms with van der Waals surface area (Å²) < 4.78 is 0. The molecule has 4 nitrogen and oxygen atoms in total. The van der Waals surface area contributed by atoms with E-state index < -0.39 is 0 Å². The number of thioether (sulfide) groups is 1. The van der Waals surface area contributed by atoms with Gasteiger partial charge in [-0.2, -0.15) is 16.9 Å². The third-order valence-electron chi connectivity index (χ3n) is 3.11. The van der Waals surface area contributed by atoms with E-state index in [2.05, 4.69) is 46.4 Å². The van der Waals surface area contributed by atoms with Gasteiger partial charge >= 0.3 is 0 Å². The Balaban J connectivity index is 1.86. The topological polar surface area (TPSA) is 41.0 Å². The van der Waals surface area contributed by atoms with Gasteiger partial charge in [0.15, 0.2) is 5.82 Å². The Hall–Kier alpha value is -0.810. The van der Waals surface area contributed by atoms with Crippen molar-refractivity contribution >= 4 is 17.6 Å². The molecule has 0 saturated carbocycles. The van der Waals surface area contributed by atoms with Crippen molar-refractivity contribution < 1.29 is 0 Å². The highest BCUT2D eigenvalue weighted by Crippen LogP contribution is 2.16. The molecule has 1 aromatic rings. The van der Waals surface area contributed by atoms with Gasteiger partial charge in [0.2, 0.25) is 0 Å². The molecule has 0 unspecified atom stereocenters. The maximum absolute atomic E-state index is 4.37. The highest BCUT2D eigenvalue weighted by molar-refractivity contribution is 7.99. The van der Waals surface area contributed by atoms with E-state index >= 15 is 0 Å². The third-order valence-corrected chi connectivity index (χ3v) is 4.16. The van der Waals surface area contributed by atoms with Crippen molar-refractivity contribution in [2.75, 3.05) is 36.0 Å². The van der Waals surface area contributed by atoms with Crippen LogP contribution in [-0.4, -0.2) is 41.3 Å². The Morgan fingerprint density at radius 2 is 2.16 bits per heavy atom. The van der Waals surface area contributed by atoms with Gasteiger partial charge in [0.1, 0.15) is 0 Å². The summed E-state index contributed by atoms with van der Waals surface area (Å²) in [5, 5.41) is 12.1. The predicted molar refractivity (Wildman–Crippen MR) is 82.7 cm³/mol. The molecule has 0 radical (unpaired) electrons. The zero-order valence-electron chi connectivity index (χ0n) is 11.9. The lowest BCUT2D eigenvalue weighted by molar-refractivity contribution is 0.546. The minimum atomic E-state index is 0.668. The Morgan fingerprint density at radius 1 is 1.26 bits per heavy atom. The van der Waals surface area contributed by atoms with E-state index in [1.807, 2.05) is 11.8 Å². The van der Waals surface area contributed by atoms with E-state index in [9.17, 15) is 0 Å². The van der Waals surface area contributed by atoms with Crippen LogP contribution in [0, 0.1) is 5.92 Å². The molecule has 0 aliphatic carbocycles. The Labute approximate surface area is 120 Å². The Kier molecular flexibility index (Phi) is 5.92. The number of aromatic nitrogens is 2. The molecule has 2 heterocycles. The number of rotatable bonds is 5. The first-order valence-electron chi connectivity index (χ1n) is 7.11. The predicted octanol–water partition coefficient (Wildman–Crippen LogP) is 2.17. The van der Waals surface area contributed by atoms with Gasteiger partial charge in [0.25, 0.3) is 0 Å². The molecule has 5 heteroatoms. The molecular formula is C14H24N4S. The van der Waals surface area contributed by atoms with Crippen LogP contribution in [0.4, 0.5) is 5.82 Å². The minimum Gasteiger partial charge on any atom is -0.354 e. The van der Waals surface area contributed by atoms with Gasteiger partial charge in [-0.05, 0) is 36.8 Å². The molecule has 1 fully saturated rings. The molecule has 1 N–H and O–H groups in total. The summed E-state index contributed by atoms with van der Waals surface area (Å²) in [6, 6.07) is 4.20. The van der Waals surface area contributed by atoms with Crippen LogP contribution >= 0.6 is 11.8 Å². The molecule has 0 aromatic carbocycles. The van der Waals surface area contributed by atoms with E-state index in [0.717, 1.165) is 37.7 Å². The number of nitrogens with zero attached hydrogens (tertiary/aromatic N) is 3. The van der Waals surface area contributed by atoms with Crippen LogP contribution in [0.15, 0.2) is 12.1 Å². The molecule has 19 heavy (non-hydrogen) atoms. The van der Waals surface area contributed by atoms with Crippen LogP contribution in [-0.2, 0) is 6.54 Å². The number of nitrogens with one attached hydrogen (secondary N) is 1. The second kappa shape index (κ2) is 7.70. The summed E-state index contributed by atoms with van der Waals surface area (Å²) in [5.41, 5.74) is 1.02. The van der Waals surface area contributed by atoms with E-state index in [1.54, 1.807) is 0 Å². The molecule has 0 bridgehead atoms. The number of anilines is 1. The molecular weight excluding hydrogens is 256 g/mol. The van der Waals surface area contributed by atoms with Crippen LogP contribution in [0.3, 0.4) is 0 Å². The first kappa shape index (κ1) is 14.6. The number of hydrogen-bond donors (Lipinski definition) is 1. The smallest absolute Gasteiger partial charge is 0.151 e. The lowest BCUT2D eigenvalue weighted by atomic mass is 10.2. The van der Waals surface area contributed by atoms with Crippen molar-refractivity contribution in [1.82, 2.24) is 15.5 Å². The summed E-state index contributed by atoms with van der Waals surface area (Å²) in [5.74, 6) is 4.15. The highest BCUT2D eigenvalue weighted by Gasteiger charge is 2.11. The van der Waals surface area contributed by atoms with Crippen molar-refractivity contribution in [3.63, 3.8) is 0 Å². The van der Waals surface area contributed by atoms with Crippen molar-refractivity contribution in [1.29, 1.82) is 0 Å². The van der Waals surface area contributed by atoms with Crippen molar-refractivity contribution in [3.8, 4) is 0 Å². The SMILES string of the molecule is CC(C)CNCc1ccc(N2CCCSCC2)nn1. The van der Waals surface area contributed by atoms with E-state index in [-0.39, 0.29) is 0 Å². The first-order valence-corrected chi connectivity index (χ1v) is 8.27. The molecule has 0 atom stereocenters. The second-order valence-corrected chi connectivity index (χ2v) is 6.59. The molecule has 106 valence electrons. The molecule has 1 aliphatic rings. The van der Waals surface area contributed by atoms with Gasteiger partial charge in [-0.1, -0.05) is 13.8 Å². The fourth-order valence-electron chi connectivity index (χ4n) is 2.08. The standard InChI is InChI=1S/C14H24N4S/c1-12(2)10-15-11-13-4-5-14(17-16-13)18-6-3-8-19-9-7-18/h4-5,12,15H,3,6-11H2,1-2H3. The lowest BCUT2D eigenvalue weighted by Gasteiger charge is -2.20. The van der Waals surface area contributed by atoms with Gasteiger partial charge in [0, 0.05) is 25.4 Å². The summed E-state index contributed by atoms with van der Waals surface area (Å²) in [6.45, 7) is 8.43. The lowest BCUT2D eigenvalue weighted by Crippen LogP contribution is -2.27. The summed E-state index contributed by atoms with van der Waals surface area (Å²) in [7, 11) is 0. The molecule has 0 spiro atoms. The molecule has 0 amide bonds. The number of hydrogen-bond acceptors (Lipinski definition) is 5. The average Bonchev–Trinajstić information content (AvgIpc) is 2.68. The van der Waals surface area contributed by atoms with Gasteiger partial charge in [0.05, 0.1) is 5.69 Å². The average molecular weight is 280 g/mol. The first-order chi connectivity index (χ1) is 9.25. The normalized spacial score (nSPS) is 16.7. The maximum Gasteiger partial charge on any atom is 0.151 e. The van der Waals surface area contributed by atoms with Gasteiger partial charge in [-0.15, -0.1) is 5.10 Å². The van der Waals surface area contributed by atoms with E-state index in [4.69, 9.17) is 0 Å². The van der Waals surface area contributed by atoms with Crippen molar-refractivity contribution in [3.05, 3.63) is 17.8 Å². The van der Waals surface area contributed by atoms with Crippen molar-refractivity contribution in [2.45, 2.75) is 26.8 Å². The third kappa shape index (κ3) is 4.99. The molecule has 2 rings (SSSR count). The van der Waals surface area contributed by atoms with Crippen molar-refractivity contribution in [2.24, 2.45) is 5.92 Å². The van der Waals surface area contributed by atoms with Crippen LogP contribution in [0.25, 0.3) is 0 Å². The maximum atomic E-state index is 4.37. The summed E-state index contributed by atoms with van der Waals surface area (Å²) in [4.78, 5) is 2.35. The zero-order valence-corrected chi connectivity index (χ0v) is 12.7. The van der Waals surface area contributed by atoms with Crippen LogP contribution in [0.1, 0.15) is 26.0 Å². The van der Waals surface area contributed by atoms with Gasteiger partial charge < -0.3 is 10.2 Å². The Morgan fingerprint density at radius 3 is 2.89 bits per heavy atom. The van der Waals surface area contributed by atoms with Crippen LogP contribution < -0.4 is 10.2 Å². The zero-order chi connectivity index (χ0) is 13.5. The molecule has 1 aliphatic heterocycles. The fraction of sp³-hybridized carbons (Fsp3) is 0.714. The van der Waals surface area contributed by atoms with Gasteiger partial charge in [-0.3, -0.25) is 0 Å². The second-order valence-electron chi connectivity index (χ2n) is 5.36. The summed E-state index contributed by atoms with van der Waals surface area (Å²) in [6.07, 6.45) is 1.24. The minimum absolute atomic E-state index is 0.668. The van der Waals surface area contributed by atoms with E-state index in [1.165, 1.54) is 17.9 Å². The van der Waals surface area contributed by atoms with Crippen LogP contribution in [0.2, 0.25) is 0 Å². The molecule has 1 aromatic heterocycles. The summed E-state index contributed by atoms with van der Waals surface area (Å²) >= 11 is 2.03. The fourth-order valence-corrected chi connectivity index (χ4v) is 2.97.